The van der Waals surface area contributed by atoms with Crippen molar-refractivity contribution in [2.45, 2.75) is 18.9 Å². The summed E-state index contributed by atoms with van der Waals surface area (Å²) in [6.07, 6.45) is 5.03. The first kappa shape index (κ1) is 8.10. The summed E-state index contributed by atoms with van der Waals surface area (Å²) in [6.45, 7) is 0.802. The van der Waals surface area contributed by atoms with Crippen LogP contribution < -0.4 is 4.90 Å². The van der Waals surface area contributed by atoms with Crippen molar-refractivity contribution in [3.05, 3.63) is 12.4 Å². The van der Waals surface area contributed by atoms with Crippen LogP contribution in [0.1, 0.15) is 12.8 Å². The molecule has 0 saturated carbocycles. The SMILES string of the molecule is O=C(O)C1CCCN1c1cn[nH]c1. The monoisotopic (exact) mass is 181 g/mol. The lowest BCUT2D eigenvalue weighted by molar-refractivity contribution is -0.138. The van der Waals surface area contributed by atoms with Gasteiger partial charge < -0.3 is 10.0 Å². The molecule has 0 amide bonds. The van der Waals surface area contributed by atoms with Gasteiger partial charge in [0, 0.05) is 12.7 Å². The third kappa shape index (κ3) is 1.37. The molecule has 1 saturated heterocycles. The Labute approximate surface area is 75.4 Å². The van der Waals surface area contributed by atoms with Gasteiger partial charge in [-0.25, -0.2) is 4.79 Å². The van der Waals surface area contributed by atoms with Crippen LogP contribution in [0.5, 0.6) is 0 Å². The second-order valence-electron chi connectivity index (χ2n) is 3.15. The third-order valence-electron chi connectivity index (χ3n) is 2.35. The zero-order chi connectivity index (χ0) is 9.26. The van der Waals surface area contributed by atoms with Gasteiger partial charge in [-0.3, -0.25) is 5.10 Å². The molecule has 1 atom stereocenters. The number of rotatable bonds is 2. The second-order valence-corrected chi connectivity index (χ2v) is 3.15. The fourth-order valence-corrected chi connectivity index (χ4v) is 1.73. The number of hydrogen-bond donors (Lipinski definition) is 2. The van der Waals surface area contributed by atoms with Crippen molar-refractivity contribution in [3.8, 4) is 0 Å². The Bertz CT molecular complexity index is 296. The molecular weight excluding hydrogens is 170 g/mol. The maximum absolute atomic E-state index is 10.8. The van der Waals surface area contributed by atoms with E-state index in [-0.39, 0.29) is 6.04 Å². The molecule has 0 aromatic carbocycles. The molecule has 2 rings (SSSR count). The van der Waals surface area contributed by atoms with Crippen molar-refractivity contribution in [3.63, 3.8) is 0 Å². The van der Waals surface area contributed by atoms with Crippen LogP contribution in [-0.4, -0.2) is 33.9 Å². The molecule has 0 bridgehead atoms. The number of nitrogens with zero attached hydrogens (tertiary/aromatic N) is 2. The average Bonchev–Trinajstić information content (AvgIpc) is 2.74. The summed E-state index contributed by atoms with van der Waals surface area (Å²) in [7, 11) is 0. The molecule has 2 heterocycles. The van der Waals surface area contributed by atoms with E-state index in [0.717, 1.165) is 25.1 Å². The van der Waals surface area contributed by atoms with Gasteiger partial charge >= 0.3 is 5.97 Å². The normalized spacial score (nSPS) is 22.2. The molecule has 1 unspecified atom stereocenters. The molecule has 70 valence electrons. The van der Waals surface area contributed by atoms with Crippen LogP contribution in [-0.2, 0) is 4.79 Å². The van der Waals surface area contributed by atoms with E-state index >= 15 is 0 Å². The first-order valence-corrected chi connectivity index (χ1v) is 4.27. The zero-order valence-electron chi connectivity index (χ0n) is 7.10. The molecule has 2 N–H and O–H groups in total. The quantitative estimate of drug-likeness (QED) is 0.695. The number of aromatic amines is 1. The standard InChI is InChI=1S/C8H11N3O2/c12-8(13)7-2-1-3-11(7)6-4-9-10-5-6/h4-5,7H,1-3H2,(H,9,10)(H,12,13). The number of H-pyrrole nitrogens is 1. The van der Waals surface area contributed by atoms with Crippen molar-refractivity contribution in [1.82, 2.24) is 10.2 Å². The largest absolute Gasteiger partial charge is 0.480 e. The fourth-order valence-electron chi connectivity index (χ4n) is 1.73. The summed E-state index contributed by atoms with van der Waals surface area (Å²) in [5.41, 5.74) is 0.866. The summed E-state index contributed by atoms with van der Waals surface area (Å²) in [5.74, 6) is -0.751. The Hall–Kier alpha value is -1.52. The lowest BCUT2D eigenvalue weighted by Crippen LogP contribution is -2.35. The minimum absolute atomic E-state index is 0.377. The number of carboxylic acid groups (broad SMARTS) is 1. The van der Waals surface area contributed by atoms with Crippen LogP contribution in [0, 0.1) is 0 Å². The maximum Gasteiger partial charge on any atom is 0.326 e. The molecule has 5 heteroatoms. The van der Waals surface area contributed by atoms with Crippen molar-refractivity contribution in [1.29, 1.82) is 0 Å². The molecule has 0 radical (unpaired) electrons. The van der Waals surface area contributed by atoms with Gasteiger partial charge in [0.05, 0.1) is 11.9 Å². The number of aliphatic carboxylic acids is 1. The summed E-state index contributed by atoms with van der Waals surface area (Å²) < 4.78 is 0. The predicted molar refractivity (Wildman–Crippen MR) is 46.6 cm³/mol. The van der Waals surface area contributed by atoms with Crippen LogP contribution in [0.3, 0.4) is 0 Å². The van der Waals surface area contributed by atoms with E-state index in [1.165, 1.54) is 0 Å². The van der Waals surface area contributed by atoms with E-state index in [1.54, 1.807) is 12.4 Å². The summed E-state index contributed by atoms with van der Waals surface area (Å²) >= 11 is 0. The molecule has 13 heavy (non-hydrogen) atoms. The van der Waals surface area contributed by atoms with E-state index in [0.29, 0.717) is 0 Å². The van der Waals surface area contributed by atoms with Crippen LogP contribution in [0.4, 0.5) is 5.69 Å². The predicted octanol–water partition coefficient (Wildman–Crippen LogP) is 0.463. The first-order chi connectivity index (χ1) is 6.29. The minimum atomic E-state index is -0.751. The highest BCUT2D eigenvalue weighted by atomic mass is 16.4. The summed E-state index contributed by atoms with van der Waals surface area (Å²) in [6, 6.07) is -0.377. The van der Waals surface area contributed by atoms with Crippen LogP contribution in [0.2, 0.25) is 0 Å². The van der Waals surface area contributed by atoms with Crippen molar-refractivity contribution >= 4 is 11.7 Å². The van der Waals surface area contributed by atoms with E-state index in [1.807, 2.05) is 4.90 Å². The minimum Gasteiger partial charge on any atom is -0.480 e. The van der Waals surface area contributed by atoms with Gasteiger partial charge in [0.15, 0.2) is 0 Å². The van der Waals surface area contributed by atoms with Crippen LogP contribution in [0.15, 0.2) is 12.4 Å². The molecule has 1 aliphatic heterocycles. The number of carbonyl (C=O) groups is 1. The second kappa shape index (κ2) is 3.08. The topological polar surface area (TPSA) is 69.2 Å². The highest BCUT2D eigenvalue weighted by molar-refractivity contribution is 5.78. The highest BCUT2D eigenvalue weighted by Crippen LogP contribution is 2.24. The van der Waals surface area contributed by atoms with Gasteiger partial charge in [-0.05, 0) is 12.8 Å². The molecule has 0 aliphatic carbocycles. The molecule has 1 aromatic heterocycles. The van der Waals surface area contributed by atoms with Crippen molar-refractivity contribution in [2.75, 3.05) is 11.4 Å². The summed E-state index contributed by atoms with van der Waals surface area (Å²) in [4.78, 5) is 12.7. The molecule has 0 spiro atoms. The van der Waals surface area contributed by atoms with Gasteiger partial charge in [-0.15, -0.1) is 0 Å². The van der Waals surface area contributed by atoms with Gasteiger partial charge in [0.1, 0.15) is 6.04 Å². The Balaban J connectivity index is 2.19. The Kier molecular flexibility index (Phi) is 1.92. The molecular formula is C8H11N3O2. The molecule has 1 fully saturated rings. The van der Waals surface area contributed by atoms with Crippen LogP contribution in [0.25, 0.3) is 0 Å². The van der Waals surface area contributed by atoms with E-state index in [2.05, 4.69) is 10.2 Å². The number of nitrogens with one attached hydrogen (secondary N) is 1. The Morgan fingerprint density at radius 3 is 3.23 bits per heavy atom. The lowest BCUT2D eigenvalue weighted by Gasteiger charge is -2.21. The van der Waals surface area contributed by atoms with Gasteiger partial charge in [-0.1, -0.05) is 0 Å². The third-order valence-corrected chi connectivity index (χ3v) is 2.35. The number of aromatic nitrogens is 2. The van der Waals surface area contributed by atoms with E-state index in [4.69, 9.17) is 5.11 Å². The first-order valence-electron chi connectivity index (χ1n) is 4.27. The molecule has 1 aliphatic rings. The van der Waals surface area contributed by atoms with Gasteiger partial charge in [0.2, 0.25) is 0 Å². The number of hydrogen-bond acceptors (Lipinski definition) is 3. The Morgan fingerprint density at radius 2 is 2.62 bits per heavy atom. The van der Waals surface area contributed by atoms with Gasteiger partial charge in [-0.2, -0.15) is 5.10 Å². The zero-order valence-corrected chi connectivity index (χ0v) is 7.10. The van der Waals surface area contributed by atoms with Crippen LogP contribution >= 0.6 is 0 Å². The van der Waals surface area contributed by atoms with Gasteiger partial charge in [0.25, 0.3) is 0 Å². The molecule has 5 nitrogen and oxygen atoms in total. The van der Waals surface area contributed by atoms with Crippen molar-refractivity contribution in [2.24, 2.45) is 0 Å². The maximum atomic E-state index is 10.8. The number of carboxylic acids is 1. The van der Waals surface area contributed by atoms with E-state index in [9.17, 15) is 4.79 Å². The fraction of sp³-hybridized carbons (Fsp3) is 0.500. The highest BCUT2D eigenvalue weighted by Gasteiger charge is 2.30. The number of anilines is 1. The average molecular weight is 181 g/mol. The smallest absolute Gasteiger partial charge is 0.326 e. The Morgan fingerprint density at radius 1 is 1.77 bits per heavy atom. The van der Waals surface area contributed by atoms with Crippen molar-refractivity contribution < 1.29 is 9.90 Å². The molecule has 1 aromatic rings. The van der Waals surface area contributed by atoms with E-state index < -0.39 is 5.97 Å². The lowest BCUT2D eigenvalue weighted by atomic mass is 10.2. The summed E-state index contributed by atoms with van der Waals surface area (Å²) in [5, 5.41) is 15.4.